The molecule has 0 spiro atoms. The number of nitriles is 1. The van der Waals surface area contributed by atoms with Crippen LogP contribution in [0.5, 0.6) is 5.75 Å². The molecule has 1 aliphatic heterocycles. The Hall–Kier alpha value is -3.50. The minimum Gasteiger partial charge on any atom is -0.490 e. The van der Waals surface area contributed by atoms with Crippen LogP contribution in [0.1, 0.15) is 57.6 Å². The molecule has 2 aliphatic rings. The Morgan fingerprint density at radius 1 is 1.11 bits per heavy atom. The number of hydrogen-bond donors (Lipinski definition) is 2. The van der Waals surface area contributed by atoms with Crippen LogP contribution >= 0.6 is 0 Å². The third kappa shape index (κ3) is 4.85. The van der Waals surface area contributed by atoms with Gasteiger partial charge in [0.1, 0.15) is 17.9 Å². The smallest absolute Gasteiger partial charge is 0.319 e. The summed E-state index contributed by atoms with van der Waals surface area (Å²) < 4.78 is 14.1. The van der Waals surface area contributed by atoms with Gasteiger partial charge in [0, 0.05) is 42.1 Å². The molecule has 2 amide bonds. The summed E-state index contributed by atoms with van der Waals surface area (Å²) in [5, 5.41) is 16.8. The monoisotopic (exact) mass is 472 g/mol. The average molecular weight is 473 g/mol. The maximum atomic E-state index is 12.1. The third-order valence-electron chi connectivity index (χ3n) is 6.83. The van der Waals surface area contributed by atoms with Crippen LogP contribution in [0.15, 0.2) is 42.5 Å². The van der Waals surface area contributed by atoms with Crippen molar-refractivity contribution >= 4 is 22.6 Å². The highest BCUT2D eigenvalue weighted by atomic mass is 16.5. The van der Waals surface area contributed by atoms with Gasteiger partial charge in [-0.3, -0.25) is 0 Å². The maximum Gasteiger partial charge on any atom is 0.319 e. The van der Waals surface area contributed by atoms with Crippen molar-refractivity contribution in [2.45, 2.75) is 64.1 Å². The standard InChI is InChI=1S/C28H32N4O3/c1-18(2)30-28(33)31-20-8-6-19(7-9-20)27-25(17-29)24-11-10-23(35-22-12-14-34-15-13-22)16-26(24)32(27)21-4-3-5-21/h6-11,16,18,21-22H,3-5,12-15H2,1-2H3,(H2,30,31,33). The van der Waals surface area contributed by atoms with Crippen LogP contribution in [0.3, 0.4) is 0 Å². The summed E-state index contributed by atoms with van der Waals surface area (Å²) >= 11 is 0. The van der Waals surface area contributed by atoms with Gasteiger partial charge in [-0.05, 0) is 62.9 Å². The van der Waals surface area contributed by atoms with Crippen LogP contribution < -0.4 is 15.4 Å². The Bertz CT molecular complexity index is 1250. The molecule has 2 aromatic carbocycles. The normalized spacial score (nSPS) is 16.6. The Balaban J connectivity index is 1.51. The molecule has 1 saturated carbocycles. The number of aromatic nitrogens is 1. The first-order chi connectivity index (χ1) is 17.0. The molecule has 3 aromatic rings. The van der Waals surface area contributed by atoms with E-state index in [1.165, 1.54) is 6.42 Å². The molecule has 2 fully saturated rings. The number of nitrogens with one attached hydrogen (secondary N) is 2. The van der Waals surface area contributed by atoms with Crippen molar-refractivity contribution in [1.29, 1.82) is 5.26 Å². The number of carbonyl (C=O) groups excluding carboxylic acids is 1. The zero-order chi connectivity index (χ0) is 24.4. The minimum absolute atomic E-state index is 0.0611. The SMILES string of the molecule is CC(C)NC(=O)Nc1ccc(-c2c(C#N)c3ccc(OC4CCOCC4)cc3n2C2CCC2)cc1. The van der Waals surface area contributed by atoms with Gasteiger partial charge in [0.25, 0.3) is 0 Å². The summed E-state index contributed by atoms with van der Waals surface area (Å²) in [6.07, 6.45) is 5.34. The molecule has 182 valence electrons. The van der Waals surface area contributed by atoms with E-state index in [2.05, 4.69) is 27.3 Å². The van der Waals surface area contributed by atoms with Crippen molar-refractivity contribution in [2.24, 2.45) is 0 Å². The number of carbonyl (C=O) groups is 1. The number of hydrogen-bond acceptors (Lipinski definition) is 4. The molecule has 1 saturated heterocycles. The van der Waals surface area contributed by atoms with Crippen molar-refractivity contribution < 1.29 is 14.3 Å². The van der Waals surface area contributed by atoms with E-state index < -0.39 is 0 Å². The van der Waals surface area contributed by atoms with E-state index in [-0.39, 0.29) is 18.2 Å². The minimum atomic E-state index is -0.230. The first-order valence-corrected chi connectivity index (χ1v) is 12.5. The fraction of sp³-hybridized carbons (Fsp3) is 0.429. The topological polar surface area (TPSA) is 88.3 Å². The molecule has 0 unspecified atom stereocenters. The van der Waals surface area contributed by atoms with E-state index in [4.69, 9.17) is 9.47 Å². The predicted molar refractivity (Wildman–Crippen MR) is 137 cm³/mol. The van der Waals surface area contributed by atoms with Gasteiger partial charge in [0.15, 0.2) is 0 Å². The van der Waals surface area contributed by atoms with Crippen LogP contribution in [0.25, 0.3) is 22.2 Å². The van der Waals surface area contributed by atoms with E-state index in [0.29, 0.717) is 17.3 Å². The summed E-state index contributed by atoms with van der Waals surface area (Å²) in [7, 11) is 0. The highest BCUT2D eigenvalue weighted by molar-refractivity contribution is 5.96. The number of ether oxygens (including phenoxy) is 2. The zero-order valence-electron chi connectivity index (χ0n) is 20.3. The van der Waals surface area contributed by atoms with Gasteiger partial charge < -0.3 is 24.7 Å². The maximum absolute atomic E-state index is 12.1. The summed E-state index contributed by atoms with van der Waals surface area (Å²) in [6, 6.07) is 16.5. The van der Waals surface area contributed by atoms with Crippen LogP contribution in [-0.2, 0) is 4.74 Å². The molecule has 0 bridgehead atoms. The first kappa shape index (κ1) is 23.3. The van der Waals surface area contributed by atoms with Gasteiger partial charge in [0.05, 0.1) is 30.0 Å². The van der Waals surface area contributed by atoms with Gasteiger partial charge in [-0.15, -0.1) is 0 Å². The largest absolute Gasteiger partial charge is 0.490 e. The zero-order valence-corrected chi connectivity index (χ0v) is 20.3. The van der Waals surface area contributed by atoms with Gasteiger partial charge in [0.2, 0.25) is 0 Å². The van der Waals surface area contributed by atoms with E-state index in [1.807, 2.05) is 50.2 Å². The summed E-state index contributed by atoms with van der Waals surface area (Å²) in [4.78, 5) is 12.1. The Kier molecular flexibility index (Phi) is 6.65. The first-order valence-electron chi connectivity index (χ1n) is 12.5. The van der Waals surface area contributed by atoms with Gasteiger partial charge >= 0.3 is 6.03 Å². The predicted octanol–water partition coefficient (Wildman–Crippen LogP) is 5.99. The quantitative estimate of drug-likeness (QED) is 0.461. The van der Waals surface area contributed by atoms with Crippen molar-refractivity contribution in [3.8, 4) is 23.1 Å². The number of nitrogens with zero attached hydrogens (tertiary/aromatic N) is 2. The number of benzene rings is 2. The summed E-state index contributed by atoms with van der Waals surface area (Å²) in [5.74, 6) is 0.842. The Morgan fingerprint density at radius 3 is 2.49 bits per heavy atom. The number of rotatable bonds is 6. The lowest BCUT2D eigenvalue weighted by Crippen LogP contribution is -2.34. The summed E-state index contributed by atoms with van der Waals surface area (Å²) in [6.45, 7) is 5.31. The number of anilines is 1. The molecule has 0 atom stereocenters. The van der Waals surface area contributed by atoms with Crippen molar-refractivity contribution in [3.63, 3.8) is 0 Å². The molecule has 2 N–H and O–H groups in total. The van der Waals surface area contributed by atoms with Crippen LogP contribution in [0.4, 0.5) is 10.5 Å². The highest BCUT2D eigenvalue weighted by Crippen LogP contribution is 2.43. The molecule has 5 rings (SSSR count). The molecular weight excluding hydrogens is 440 g/mol. The van der Waals surface area contributed by atoms with Gasteiger partial charge in [-0.2, -0.15) is 5.26 Å². The molecule has 2 heterocycles. The van der Waals surface area contributed by atoms with Gasteiger partial charge in [-0.25, -0.2) is 4.79 Å². The summed E-state index contributed by atoms with van der Waals surface area (Å²) in [5.41, 5.74) is 4.34. The molecule has 35 heavy (non-hydrogen) atoms. The molecule has 7 nitrogen and oxygen atoms in total. The number of urea groups is 1. The van der Waals surface area contributed by atoms with Gasteiger partial charge in [-0.1, -0.05) is 12.1 Å². The molecule has 1 aliphatic carbocycles. The second-order valence-electron chi connectivity index (χ2n) is 9.73. The lowest BCUT2D eigenvalue weighted by atomic mass is 9.92. The van der Waals surface area contributed by atoms with E-state index in [9.17, 15) is 10.1 Å². The van der Waals surface area contributed by atoms with Crippen LogP contribution in [0, 0.1) is 11.3 Å². The molecule has 0 radical (unpaired) electrons. The highest BCUT2D eigenvalue weighted by Gasteiger charge is 2.28. The van der Waals surface area contributed by atoms with E-state index >= 15 is 0 Å². The Labute approximate surface area is 206 Å². The second kappa shape index (κ2) is 10.0. The van der Waals surface area contributed by atoms with Crippen molar-refractivity contribution in [2.75, 3.05) is 18.5 Å². The van der Waals surface area contributed by atoms with Crippen LogP contribution in [0.2, 0.25) is 0 Å². The van der Waals surface area contributed by atoms with Crippen molar-refractivity contribution in [3.05, 3.63) is 48.0 Å². The fourth-order valence-electron chi connectivity index (χ4n) is 4.91. The lowest BCUT2D eigenvalue weighted by Gasteiger charge is -2.30. The fourth-order valence-corrected chi connectivity index (χ4v) is 4.91. The van der Waals surface area contributed by atoms with E-state index in [1.54, 1.807) is 0 Å². The van der Waals surface area contributed by atoms with Crippen molar-refractivity contribution in [1.82, 2.24) is 9.88 Å². The molecule has 7 heteroatoms. The van der Waals surface area contributed by atoms with E-state index in [0.717, 1.165) is 66.8 Å². The number of amides is 2. The molecule has 1 aromatic heterocycles. The average Bonchev–Trinajstić information content (AvgIpc) is 3.12. The molecular formula is C28H32N4O3. The van der Waals surface area contributed by atoms with Crippen LogP contribution in [-0.4, -0.2) is 36.0 Å². The number of fused-ring (bicyclic) bond motifs is 1. The Morgan fingerprint density at radius 2 is 1.86 bits per heavy atom. The third-order valence-corrected chi connectivity index (χ3v) is 6.83. The lowest BCUT2D eigenvalue weighted by molar-refractivity contribution is 0.0256. The second-order valence-corrected chi connectivity index (χ2v) is 9.73.